The molecule has 3 rings (SSSR count). The minimum Gasteiger partial charge on any atom is -0.467 e. The molecule has 2 aromatic rings. The summed E-state index contributed by atoms with van der Waals surface area (Å²) in [6.45, 7) is 0. The summed E-state index contributed by atoms with van der Waals surface area (Å²) in [6, 6.07) is 8.21. The van der Waals surface area contributed by atoms with Crippen LogP contribution in [-0.4, -0.2) is 46.2 Å². The summed E-state index contributed by atoms with van der Waals surface area (Å²) >= 11 is 1.70. The van der Waals surface area contributed by atoms with Gasteiger partial charge in [0.05, 0.1) is 13.2 Å². The van der Waals surface area contributed by atoms with Crippen molar-refractivity contribution >= 4 is 27.4 Å². The summed E-state index contributed by atoms with van der Waals surface area (Å²) in [5, 5.41) is 33.9. The first-order chi connectivity index (χ1) is 11.9. The van der Waals surface area contributed by atoms with Crippen molar-refractivity contribution in [3.05, 3.63) is 46.9 Å². The number of ether oxygens (including phenoxy) is 1. The highest BCUT2D eigenvalue weighted by molar-refractivity contribution is 7.17. The second-order valence-corrected chi connectivity index (χ2v) is 7.37. The standard InChI is InChI=1S/C19H22O5S/c1-24-18(22)19(23)9-12(17(21)15(20)10-19)5-4-6-13-11-25-16-8-3-2-7-14(13)16/h2-3,7-9,11,15,17,20-21,23H,4-6,10H2,1H3. The molecule has 5 nitrogen and oxygen atoms in total. The van der Waals surface area contributed by atoms with Gasteiger partial charge in [0.15, 0.2) is 5.60 Å². The fraction of sp³-hybridized carbons (Fsp3) is 0.421. The summed E-state index contributed by atoms with van der Waals surface area (Å²) in [5.41, 5.74) is -0.154. The van der Waals surface area contributed by atoms with Crippen LogP contribution in [0.2, 0.25) is 0 Å². The van der Waals surface area contributed by atoms with Gasteiger partial charge in [-0.1, -0.05) is 18.2 Å². The number of methoxy groups -OCH3 is 1. The largest absolute Gasteiger partial charge is 0.467 e. The molecule has 3 unspecified atom stereocenters. The summed E-state index contributed by atoms with van der Waals surface area (Å²) in [5.74, 6) is -0.820. The maximum absolute atomic E-state index is 11.8. The van der Waals surface area contributed by atoms with Gasteiger partial charge in [-0.05, 0) is 53.3 Å². The number of fused-ring (bicyclic) bond motifs is 1. The van der Waals surface area contributed by atoms with Crippen molar-refractivity contribution in [2.45, 2.75) is 43.5 Å². The number of hydrogen-bond donors (Lipinski definition) is 3. The number of benzene rings is 1. The molecule has 0 saturated heterocycles. The third kappa shape index (κ3) is 3.62. The highest BCUT2D eigenvalue weighted by atomic mass is 32.1. The van der Waals surface area contributed by atoms with Crippen molar-refractivity contribution in [1.29, 1.82) is 0 Å². The van der Waals surface area contributed by atoms with Gasteiger partial charge >= 0.3 is 5.97 Å². The molecule has 0 fully saturated rings. The molecule has 0 radical (unpaired) electrons. The van der Waals surface area contributed by atoms with E-state index in [-0.39, 0.29) is 6.42 Å². The number of aryl methyl sites for hydroxylation is 1. The van der Waals surface area contributed by atoms with E-state index >= 15 is 0 Å². The fourth-order valence-electron chi connectivity index (χ4n) is 3.38. The molecule has 1 aromatic carbocycles. The van der Waals surface area contributed by atoms with E-state index in [2.05, 4.69) is 22.2 Å². The van der Waals surface area contributed by atoms with Gasteiger partial charge in [0.1, 0.15) is 6.10 Å². The number of carbonyl (C=O) groups excluding carboxylic acids is 1. The Labute approximate surface area is 150 Å². The van der Waals surface area contributed by atoms with Crippen LogP contribution in [0.25, 0.3) is 10.1 Å². The number of esters is 1. The minimum absolute atomic E-state index is 0.264. The number of thiophene rings is 1. The number of aliphatic hydroxyl groups is 3. The lowest BCUT2D eigenvalue weighted by Crippen LogP contribution is -2.48. The average molecular weight is 362 g/mol. The van der Waals surface area contributed by atoms with Gasteiger partial charge in [-0.15, -0.1) is 11.3 Å². The lowest BCUT2D eigenvalue weighted by Gasteiger charge is -2.34. The van der Waals surface area contributed by atoms with Crippen LogP contribution in [0.1, 0.15) is 24.8 Å². The molecule has 1 heterocycles. The van der Waals surface area contributed by atoms with Crippen LogP contribution in [-0.2, 0) is 16.0 Å². The highest BCUT2D eigenvalue weighted by Crippen LogP contribution is 2.32. The summed E-state index contributed by atoms with van der Waals surface area (Å²) in [7, 11) is 1.19. The summed E-state index contributed by atoms with van der Waals surface area (Å²) in [4.78, 5) is 11.8. The lowest BCUT2D eigenvalue weighted by molar-refractivity contribution is -0.162. The maximum Gasteiger partial charge on any atom is 0.342 e. The van der Waals surface area contributed by atoms with Gasteiger partial charge in [0.25, 0.3) is 0 Å². The van der Waals surface area contributed by atoms with Crippen molar-refractivity contribution in [3.63, 3.8) is 0 Å². The van der Waals surface area contributed by atoms with Crippen LogP contribution in [0.4, 0.5) is 0 Å². The molecule has 3 N–H and O–H groups in total. The van der Waals surface area contributed by atoms with Crippen LogP contribution >= 0.6 is 11.3 Å². The molecule has 0 saturated carbocycles. The van der Waals surface area contributed by atoms with E-state index in [4.69, 9.17) is 0 Å². The maximum atomic E-state index is 11.8. The Morgan fingerprint density at radius 3 is 2.84 bits per heavy atom. The molecular weight excluding hydrogens is 340 g/mol. The Morgan fingerprint density at radius 2 is 2.08 bits per heavy atom. The third-order valence-electron chi connectivity index (χ3n) is 4.70. The van der Waals surface area contributed by atoms with Crippen LogP contribution in [0.3, 0.4) is 0 Å². The van der Waals surface area contributed by atoms with E-state index in [0.29, 0.717) is 12.0 Å². The lowest BCUT2D eigenvalue weighted by atomic mass is 9.81. The van der Waals surface area contributed by atoms with Gasteiger partial charge in [-0.25, -0.2) is 4.79 Å². The molecule has 0 amide bonds. The molecule has 25 heavy (non-hydrogen) atoms. The van der Waals surface area contributed by atoms with Crippen molar-refractivity contribution in [3.8, 4) is 0 Å². The Hall–Kier alpha value is -1.73. The van der Waals surface area contributed by atoms with E-state index < -0.39 is 23.8 Å². The number of carbonyl (C=O) groups is 1. The Balaban J connectivity index is 1.71. The van der Waals surface area contributed by atoms with E-state index in [1.54, 1.807) is 11.3 Å². The van der Waals surface area contributed by atoms with Gasteiger partial charge in [0, 0.05) is 11.1 Å². The Morgan fingerprint density at radius 1 is 1.32 bits per heavy atom. The predicted molar refractivity (Wildman–Crippen MR) is 96.4 cm³/mol. The quantitative estimate of drug-likeness (QED) is 0.561. The van der Waals surface area contributed by atoms with Crippen LogP contribution in [0.5, 0.6) is 0 Å². The first-order valence-corrected chi connectivity index (χ1v) is 9.16. The first kappa shape index (κ1) is 18.1. The summed E-state index contributed by atoms with van der Waals surface area (Å²) in [6.07, 6.45) is 0.882. The fourth-order valence-corrected chi connectivity index (χ4v) is 4.37. The molecule has 1 aliphatic carbocycles. The molecule has 0 bridgehead atoms. The zero-order valence-electron chi connectivity index (χ0n) is 14.0. The monoisotopic (exact) mass is 362 g/mol. The molecular formula is C19H22O5S. The number of hydrogen-bond acceptors (Lipinski definition) is 6. The van der Waals surface area contributed by atoms with Crippen molar-refractivity contribution < 1.29 is 24.9 Å². The molecule has 1 aliphatic rings. The SMILES string of the molecule is COC(=O)C1(O)C=C(CCCc2csc3ccccc23)C(O)C(O)C1. The molecule has 1 aromatic heterocycles. The second-order valence-electron chi connectivity index (χ2n) is 6.46. The minimum atomic E-state index is -1.88. The van der Waals surface area contributed by atoms with Crippen molar-refractivity contribution in [2.24, 2.45) is 0 Å². The second kappa shape index (κ2) is 7.25. The average Bonchev–Trinajstić information content (AvgIpc) is 3.01. The van der Waals surface area contributed by atoms with Crippen LogP contribution < -0.4 is 0 Å². The van der Waals surface area contributed by atoms with E-state index in [9.17, 15) is 20.1 Å². The normalized spacial score (nSPS) is 26.5. The van der Waals surface area contributed by atoms with Crippen LogP contribution in [0, 0.1) is 0 Å². The topological polar surface area (TPSA) is 87.0 Å². The Kier molecular flexibility index (Phi) is 5.24. The predicted octanol–water partition coefficient (Wildman–Crippen LogP) is 2.18. The van der Waals surface area contributed by atoms with E-state index in [0.717, 1.165) is 12.8 Å². The molecule has 6 heteroatoms. The summed E-state index contributed by atoms with van der Waals surface area (Å²) < 4.78 is 5.85. The van der Waals surface area contributed by atoms with Gasteiger partial charge in [-0.2, -0.15) is 0 Å². The number of rotatable bonds is 5. The van der Waals surface area contributed by atoms with Crippen molar-refractivity contribution in [2.75, 3.05) is 7.11 Å². The third-order valence-corrected chi connectivity index (χ3v) is 5.71. The first-order valence-electron chi connectivity index (χ1n) is 8.28. The molecule has 0 aliphatic heterocycles. The van der Waals surface area contributed by atoms with Crippen LogP contribution in [0.15, 0.2) is 41.3 Å². The zero-order valence-corrected chi connectivity index (χ0v) is 14.8. The molecule has 0 spiro atoms. The molecule has 134 valence electrons. The smallest absolute Gasteiger partial charge is 0.342 e. The van der Waals surface area contributed by atoms with Gasteiger partial charge in [0.2, 0.25) is 0 Å². The van der Waals surface area contributed by atoms with Crippen molar-refractivity contribution in [1.82, 2.24) is 0 Å². The van der Waals surface area contributed by atoms with E-state index in [1.165, 1.54) is 28.8 Å². The zero-order chi connectivity index (χ0) is 18.0. The highest BCUT2D eigenvalue weighted by Gasteiger charge is 2.44. The van der Waals surface area contributed by atoms with Gasteiger partial charge in [-0.3, -0.25) is 0 Å². The van der Waals surface area contributed by atoms with Gasteiger partial charge < -0.3 is 20.1 Å². The molecule has 3 atom stereocenters. The van der Waals surface area contributed by atoms with E-state index in [1.807, 2.05) is 12.1 Å². The Bertz CT molecular complexity index is 796. The number of aliphatic hydroxyl groups excluding tert-OH is 2.